The van der Waals surface area contributed by atoms with Gasteiger partial charge >= 0.3 is 0 Å². The average molecular weight is 307 g/mol. The third-order valence-corrected chi connectivity index (χ3v) is 3.96. The Bertz CT molecular complexity index is 494. The van der Waals surface area contributed by atoms with Crippen molar-refractivity contribution in [2.45, 2.75) is 39.4 Å². The minimum atomic E-state index is -0.241. The summed E-state index contributed by atoms with van der Waals surface area (Å²) in [7, 11) is 0. The standard InChI is InChI=1S/C15H25N5O2/c1-12(11-20-6-4-5-16-20)17-13(2)15(22)19-9-7-18(8-10-19)14(3)21/h4-6,12-13,17H,7-11H2,1-3H3/t12-,13+/m0/s1. The fraction of sp³-hybridized carbons (Fsp3) is 0.667. The van der Waals surface area contributed by atoms with Gasteiger partial charge in [-0.2, -0.15) is 5.10 Å². The molecule has 7 heteroatoms. The summed E-state index contributed by atoms with van der Waals surface area (Å²) in [6.45, 7) is 8.68. The zero-order valence-electron chi connectivity index (χ0n) is 13.5. The normalized spacial score (nSPS) is 18.1. The van der Waals surface area contributed by atoms with Gasteiger partial charge in [0.25, 0.3) is 0 Å². The second-order valence-corrected chi connectivity index (χ2v) is 5.85. The SMILES string of the molecule is CC(=O)N1CCN(C(=O)[C@@H](C)N[C@@H](C)Cn2cccn2)CC1. The van der Waals surface area contributed by atoms with Crippen molar-refractivity contribution in [2.24, 2.45) is 0 Å². The van der Waals surface area contributed by atoms with E-state index in [1.807, 2.05) is 35.7 Å². The van der Waals surface area contributed by atoms with E-state index in [9.17, 15) is 9.59 Å². The van der Waals surface area contributed by atoms with Gasteiger partial charge < -0.3 is 15.1 Å². The summed E-state index contributed by atoms with van der Waals surface area (Å²) in [5, 5.41) is 7.48. The Hall–Kier alpha value is -1.89. The van der Waals surface area contributed by atoms with Crippen molar-refractivity contribution in [3.63, 3.8) is 0 Å². The van der Waals surface area contributed by atoms with Crippen LogP contribution in [-0.2, 0) is 16.1 Å². The van der Waals surface area contributed by atoms with Crippen molar-refractivity contribution in [1.29, 1.82) is 0 Å². The lowest BCUT2D eigenvalue weighted by Crippen LogP contribution is -2.55. The molecule has 2 heterocycles. The molecule has 1 saturated heterocycles. The van der Waals surface area contributed by atoms with Gasteiger partial charge in [0, 0.05) is 51.5 Å². The van der Waals surface area contributed by atoms with E-state index in [1.165, 1.54) is 0 Å². The average Bonchev–Trinajstić information content (AvgIpc) is 2.99. The maximum atomic E-state index is 12.5. The molecule has 2 atom stereocenters. The lowest BCUT2D eigenvalue weighted by Gasteiger charge is -2.36. The summed E-state index contributed by atoms with van der Waals surface area (Å²) in [5.74, 6) is 0.168. The summed E-state index contributed by atoms with van der Waals surface area (Å²) in [5.41, 5.74) is 0. The molecule has 0 spiro atoms. The van der Waals surface area contributed by atoms with Gasteiger partial charge in [-0.3, -0.25) is 14.3 Å². The Morgan fingerprint density at radius 3 is 2.36 bits per heavy atom. The molecule has 0 bridgehead atoms. The number of carbonyl (C=O) groups is 2. The summed E-state index contributed by atoms with van der Waals surface area (Å²) in [6, 6.07) is 1.79. The first-order valence-corrected chi connectivity index (χ1v) is 7.75. The van der Waals surface area contributed by atoms with E-state index in [1.54, 1.807) is 18.0 Å². The molecule has 0 aliphatic carbocycles. The molecule has 0 unspecified atom stereocenters. The Labute approximate surface area is 131 Å². The molecule has 0 radical (unpaired) electrons. The highest BCUT2D eigenvalue weighted by atomic mass is 16.2. The van der Waals surface area contributed by atoms with Crippen molar-refractivity contribution in [2.75, 3.05) is 26.2 Å². The summed E-state index contributed by atoms with van der Waals surface area (Å²) >= 11 is 0. The monoisotopic (exact) mass is 307 g/mol. The van der Waals surface area contributed by atoms with Gasteiger partial charge in [-0.25, -0.2) is 0 Å². The van der Waals surface area contributed by atoms with Gasteiger partial charge in [0.05, 0.1) is 12.6 Å². The van der Waals surface area contributed by atoms with Crippen molar-refractivity contribution in [3.05, 3.63) is 18.5 Å². The molecular formula is C15H25N5O2. The number of piperazine rings is 1. The zero-order chi connectivity index (χ0) is 16.1. The minimum absolute atomic E-state index is 0.0751. The number of amides is 2. The second-order valence-electron chi connectivity index (χ2n) is 5.85. The van der Waals surface area contributed by atoms with Crippen molar-refractivity contribution in [1.82, 2.24) is 24.9 Å². The van der Waals surface area contributed by atoms with E-state index < -0.39 is 0 Å². The van der Waals surface area contributed by atoms with Gasteiger partial charge in [0.1, 0.15) is 0 Å². The second kappa shape index (κ2) is 7.40. The molecule has 22 heavy (non-hydrogen) atoms. The maximum absolute atomic E-state index is 12.5. The number of aromatic nitrogens is 2. The van der Waals surface area contributed by atoms with Crippen LogP contribution in [0.4, 0.5) is 0 Å². The van der Waals surface area contributed by atoms with Crippen LogP contribution in [0.3, 0.4) is 0 Å². The summed E-state index contributed by atoms with van der Waals surface area (Å²) in [6.07, 6.45) is 3.65. The van der Waals surface area contributed by atoms with Crippen LogP contribution in [0.2, 0.25) is 0 Å². The first-order chi connectivity index (χ1) is 10.5. The smallest absolute Gasteiger partial charge is 0.239 e. The topological polar surface area (TPSA) is 70.5 Å². The van der Waals surface area contributed by atoms with E-state index in [4.69, 9.17) is 0 Å². The van der Waals surface area contributed by atoms with Crippen molar-refractivity contribution < 1.29 is 9.59 Å². The third kappa shape index (κ3) is 4.30. The molecule has 1 aliphatic heterocycles. The molecule has 1 aromatic rings. The molecule has 0 saturated carbocycles. The Balaban J connectivity index is 1.78. The predicted octanol–water partition coefficient (Wildman–Crippen LogP) is -0.0596. The Morgan fingerprint density at radius 2 is 1.82 bits per heavy atom. The van der Waals surface area contributed by atoms with E-state index in [2.05, 4.69) is 10.4 Å². The Morgan fingerprint density at radius 1 is 1.18 bits per heavy atom. The lowest BCUT2D eigenvalue weighted by molar-refractivity contribution is -0.139. The molecule has 1 aliphatic rings. The van der Waals surface area contributed by atoms with Gasteiger partial charge in [-0.15, -0.1) is 0 Å². The number of nitrogens with one attached hydrogen (secondary N) is 1. The van der Waals surface area contributed by atoms with Crippen LogP contribution in [-0.4, -0.2) is 69.7 Å². The number of carbonyl (C=O) groups excluding carboxylic acids is 2. The number of rotatable bonds is 5. The fourth-order valence-electron chi connectivity index (χ4n) is 2.76. The largest absolute Gasteiger partial charge is 0.339 e. The molecule has 1 aromatic heterocycles. The van der Waals surface area contributed by atoms with Crippen LogP contribution in [0.5, 0.6) is 0 Å². The van der Waals surface area contributed by atoms with Crippen LogP contribution >= 0.6 is 0 Å². The number of hydrogen-bond donors (Lipinski definition) is 1. The van der Waals surface area contributed by atoms with E-state index in [-0.39, 0.29) is 23.9 Å². The number of nitrogens with zero attached hydrogens (tertiary/aromatic N) is 4. The highest BCUT2D eigenvalue weighted by Crippen LogP contribution is 2.05. The molecule has 1 fully saturated rings. The molecule has 122 valence electrons. The van der Waals surface area contributed by atoms with E-state index in [0.29, 0.717) is 26.2 Å². The van der Waals surface area contributed by atoms with Gasteiger partial charge in [-0.1, -0.05) is 0 Å². The highest BCUT2D eigenvalue weighted by Gasteiger charge is 2.26. The maximum Gasteiger partial charge on any atom is 0.239 e. The minimum Gasteiger partial charge on any atom is -0.339 e. The van der Waals surface area contributed by atoms with Crippen LogP contribution in [0.25, 0.3) is 0 Å². The molecule has 0 aromatic carbocycles. The number of hydrogen-bond acceptors (Lipinski definition) is 4. The van der Waals surface area contributed by atoms with Gasteiger partial charge in [0.2, 0.25) is 11.8 Å². The fourth-order valence-corrected chi connectivity index (χ4v) is 2.76. The highest BCUT2D eigenvalue weighted by molar-refractivity contribution is 5.82. The van der Waals surface area contributed by atoms with Crippen molar-refractivity contribution >= 4 is 11.8 Å². The quantitative estimate of drug-likeness (QED) is 0.827. The summed E-state index contributed by atoms with van der Waals surface area (Å²) in [4.78, 5) is 27.4. The molecule has 7 nitrogen and oxygen atoms in total. The van der Waals surface area contributed by atoms with Gasteiger partial charge in [0.15, 0.2) is 0 Å². The predicted molar refractivity (Wildman–Crippen MR) is 83.1 cm³/mol. The zero-order valence-corrected chi connectivity index (χ0v) is 13.5. The van der Waals surface area contributed by atoms with Crippen LogP contribution in [0.15, 0.2) is 18.5 Å². The molecule has 2 amide bonds. The van der Waals surface area contributed by atoms with E-state index >= 15 is 0 Å². The van der Waals surface area contributed by atoms with Crippen LogP contribution in [0.1, 0.15) is 20.8 Å². The van der Waals surface area contributed by atoms with Crippen LogP contribution < -0.4 is 5.32 Å². The molecular weight excluding hydrogens is 282 g/mol. The van der Waals surface area contributed by atoms with Crippen LogP contribution in [0, 0.1) is 0 Å². The van der Waals surface area contributed by atoms with Crippen molar-refractivity contribution in [3.8, 4) is 0 Å². The first kappa shape index (κ1) is 16.5. The molecule has 1 N–H and O–H groups in total. The molecule has 2 rings (SSSR count). The van der Waals surface area contributed by atoms with E-state index in [0.717, 1.165) is 6.54 Å². The van der Waals surface area contributed by atoms with Gasteiger partial charge in [-0.05, 0) is 19.9 Å². The Kier molecular flexibility index (Phi) is 5.54. The summed E-state index contributed by atoms with van der Waals surface area (Å²) < 4.78 is 1.85. The lowest BCUT2D eigenvalue weighted by atomic mass is 10.2. The first-order valence-electron chi connectivity index (χ1n) is 7.75. The third-order valence-electron chi connectivity index (χ3n) is 3.96.